The second kappa shape index (κ2) is 8.94. The maximum atomic E-state index is 12.6. The number of hydrogen-bond donors (Lipinski definition) is 1. The van der Waals surface area contributed by atoms with Crippen molar-refractivity contribution < 1.29 is 18.8 Å². The zero-order valence-corrected chi connectivity index (χ0v) is 17.5. The van der Waals surface area contributed by atoms with Crippen molar-refractivity contribution in [2.24, 2.45) is 5.92 Å². The largest absolute Gasteiger partial charge is 0.456 e. The summed E-state index contributed by atoms with van der Waals surface area (Å²) >= 11 is 0. The molecule has 0 saturated heterocycles. The first-order valence-electron chi connectivity index (χ1n) is 9.91. The number of nitrogens with one attached hydrogen (secondary N) is 1. The molecule has 0 fully saturated rings. The standard InChI is InChI=1S/C22H25N3O5/c1-5-15(6-2)21(27)24-18-9-7-8-17(14(18)4)22(28)29-12-16-11-20(26)25-19(23-16)10-13(3)30-25/h7-11,15H,5-6,12H2,1-4H3,(H,24,27). The fourth-order valence-electron chi connectivity index (χ4n) is 3.25. The Labute approximate surface area is 173 Å². The SMILES string of the molecule is CCC(CC)C(=O)Nc1cccc(C(=O)OCc2cc(=O)n3oc(C)cc3n2)c1C. The number of carbonyl (C=O) groups is 2. The maximum absolute atomic E-state index is 12.6. The molecule has 158 valence electrons. The number of aromatic nitrogens is 2. The minimum absolute atomic E-state index is 0.0676. The first-order chi connectivity index (χ1) is 14.3. The molecule has 0 aliphatic rings. The summed E-state index contributed by atoms with van der Waals surface area (Å²) in [5.41, 5.74) is 1.83. The van der Waals surface area contributed by atoms with Crippen molar-refractivity contribution in [3.05, 3.63) is 63.3 Å². The molecular weight excluding hydrogens is 386 g/mol. The fraction of sp³-hybridized carbons (Fsp3) is 0.364. The Hall–Kier alpha value is -3.42. The van der Waals surface area contributed by atoms with E-state index in [0.717, 1.165) is 17.4 Å². The van der Waals surface area contributed by atoms with E-state index in [1.165, 1.54) is 6.07 Å². The number of carbonyl (C=O) groups excluding carboxylic acids is 2. The summed E-state index contributed by atoms with van der Waals surface area (Å²) in [6.45, 7) is 7.25. The average molecular weight is 411 g/mol. The zero-order valence-electron chi connectivity index (χ0n) is 17.5. The Kier molecular flexibility index (Phi) is 6.34. The Bertz CT molecular complexity index is 1140. The van der Waals surface area contributed by atoms with Crippen molar-refractivity contribution in [2.75, 3.05) is 5.32 Å². The van der Waals surface area contributed by atoms with Crippen LogP contribution >= 0.6 is 0 Å². The number of aryl methyl sites for hydroxylation is 1. The van der Waals surface area contributed by atoms with Crippen LogP contribution < -0.4 is 10.9 Å². The maximum Gasteiger partial charge on any atom is 0.338 e. The van der Waals surface area contributed by atoms with Crippen molar-refractivity contribution in [2.45, 2.75) is 47.1 Å². The molecule has 3 aromatic rings. The monoisotopic (exact) mass is 411 g/mol. The van der Waals surface area contributed by atoms with E-state index in [1.807, 2.05) is 13.8 Å². The lowest BCUT2D eigenvalue weighted by Gasteiger charge is -2.16. The highest BCUT2D eigenvalue weighted by Gasteiger charge is 2.18. The van der Waals surface area contributed by atoms with Gasteiger partial charge in [-0.1, -0.05) is 19.9 Å². The number of amides is 1. The molecule has 1 N–H and O–H groups in total. The summed E-state index contributed by atoms with van der Waals surface area (Å²) in [6.07, 6.45) is 1.49. The van der Waals surface area contributed by atoms with E-state index in [2.05, 4.69) is 10.3 Å². The van der Waals surface area contributed by atoms with Crippen molar-refractivity contribution >= 4 is 23.2 Å². The Morgan fingerprint density at radius 3 is 2.63 bits per heavy atom. The molecule has 3 rings (SSSR count). The normalized spacial score (nSPS) is 11.1. The molecule has 0 unspecified atom stereocenters. The molecule has 1 aromatic carbocycles. The fourth-order valence-corrected chi connectivity index (χ4v) is 3.25. The minimum atomic E-state index is -0.559. The van der Waals surface area contributed by atoms with Crippen LogP contribution in [0, 0.1) is 19.8 Å². The minimum Gasteiger partial charge on any atom is -0.456 e. The van der Waals surface area contributed by atoms with Crippen molar-refractivity contribution in [3.63, 3.8) is 0 Å². The summed E-state index contributed by atoms with van der Waals surface area (Å²) in [4.78, 5) is 41.4. The molecule has 0 radical (unpaired) electrons. The quantitative estimate of drug-likeness (QED) is 0.596. The third kappa shape index (κ3) is 4.42. The van der Waals surface area contributed by atoms with Gasteiger partial charge in [0, 0.05) is 23.7 Å². The van der Waals surface area contributed by atoms with Crippen LogP contribution in [0.2, 0.25) is 0 Å². The number of hydrogen-bond acceptors (Lipinski definition) is 6. The van der Waals surface area contributed by atoms with Gasteiger partial charge in [-0.3, -0.25) is 9.59 Å². The number of ether oxygens (including phenoxy) is 1. The lowest BCUT2D eigenvalue weighted by Crippen LogP contribution is -2.22. The van der Waals surface area contributed by atoms with Gasteiger partial charge in [0.1, 0.15) is 12.4 Å². The Morgan fingerprint density at radius 1 is 1.20 bits per heavy atom. The lowest BCUT2D eigenvalue weighted by atomic mass is 10.0. The van der Waals surface area contributed by atoms with Gasteiger partial charge in [0.2, 0.25) is 5.91 Å². The smallest absolute Gasteiger partial charge is 0.338 e. The predicted molar refractivity (Wildman–Crippen MR) is 111 cm³/mol. The Morgan fingerprint density at radius 2 is 1.93 bits per heavy atom. The van der Waals surface area contributed by atoms with Gasteiger partial charge >= 0.3 is 5.97 Å². The highest BCUT2D eigenvalue weighted by molar-refractivity contribution is 5.97. The van der Waals surface area contributed by atoms with Gasteiger partial charge in [-0.05, 0) is 44.4 Å². The first-order valence-corrected chi connectivity index (χ1v) is 9.91. The molecule has 0 atom stereocenters. The van der Waals surface area contributed by atoms with Gasteiger partial charge in [-0.15, -0.1) is 4.57 Å². The predicted octanol–water partition coefficient (Wildman–Crippen LogP) is 3.64. The summed E-state index contributed by atoms with van der Waals surface area (Å²) in [7, 11) is 0. The number of esters is 1. The number of fused-ring (bicyclic) bond motifs is 1. The van der Waals surface area contributed by atoms with Gasteiger partial charge < -0.3 is 14.6 Å². The van der Waals surface area contributed by atoms with E-state index in [9.17, 15) is 14.4 Å². The summed E-state index contributed by atoms with van der Waals surface area (Å²) in [5, 5.41) is 2.90. The molecule has 8 nitrogen and oxygen atoms in total. The lowest BCUT2D eigenvalue weighted by molar-refractivity contribution is -0.120. The van der Waals surface area contributed by atoms with Crippen LogP contribution in [-0.4, -0.2) is 21.4 Å². The van der Waals surface area contributed by atoms with Crippen LogP contribution in [0.25, 0.3) is 5.65 Å². The number of anilines is 1. The summed E-state index contributed by atoms with van der Waals surface area (Å²) < 4.78 is 11.7. The molecule has 1 amide bonds. The van der Waals surface area contributed by atoms with E-state index < -0.39 is 5.97 Å². The number of rotatable bonds is 7. The second-order valence-corrected chi connectivity index (χ2v) is 7.14. The Balaban J connectivity index is 1.74. The van der Waals surface area contributed by atoms with Gasteiger partial charge in [-0.25, -0.2) is 9.78 Å². The van der Waals surface area contributed by atoms with Crippen molar-refractivity contribution in [1.82, 2.24) is 9.56 Å². The van der Waals surface area contributed by atoms with Crippen LogP contribution in [0.4, 0.5) is 5.69 Å². The van der Waals surface area contributed by atoms with Crippen LogP contribution in [0.1, 0.15) is 54.1 Å². The molecule has 2 aromatic heterocycles. The van der Waals surface area contributed by atoms with Crippen LogP contribution in [0.3, 0.4) is 0 Å². The molecule has 0 aliphatic heterocycles. The van der Waals surface area contributed by atoms with Crippen LogP contribution in [0.15, 0.2) is 39.6 Å². The van der Waals surface area contributed by atoms with Crippen molar-refractivity contribution in [3.8, 4) is 0 Å². The van der Waals surface area contributed by atoms with E-state index in [-0.39, 0.29) is 24.0 Å². The van der Waals surface area contributed by atoms with Crippen molar-refractivity contribution in [1.29, 1.82) is 0 Å². The number of benzene rings is 1. The van der Waals surface area contributed by atoms with Crippen LogP contribution in [0.5, 0.6) is 0 Å². The van der Waals surface area contributed by atoms with E-state index in [0.29, 0.717) is 33.9 Å². The highest BCUT2D eigenvalue weighted by atomic mass is 16.5. The molecule has 0 aliphatic carbocycles. The van der Waals surface area contributed by atoms with E-state index in [4.69, 9.17) is 9.26 Å². The molecule has 2 heterocycles. The van der Waals surface area contributed by atoms with Crippen LogP contribution in [-0.2, 0) is 16.1 Å². The molecule has 8 heteroatoms. The van der Waals surface area contributed by atoms with Gasteiger partial charge in [-0.2, -0.15) is 0 Å². The van der Waals surface area contributed by atoms with Gasteiger partial charge in [0.15, 0.2) is 5.65 Å². The highest BCUT2D eigenvalue weighted by Crippen LogP contribution is 2.22. The van der Waals surface area contributed by atoms with Gasteiger partial charge in [0.05, 0.1) is 11.3 Å². The third-order valence-corrected chi connectivity index (χ3v) is 5.04. The molecule has 0 bridgehead atoms. The van der Waals surface area contributed by atoms with Gasteiger partial charge in [0.25, 0.3) is 5.56 Å². The number of nitrogens with zero attached hydrogens (tertiary/aromatic N) is 2. The summed E-state index contributed by atoms with van der Waals surface area (Å²) in [6, 6.07) is 7.97. The molecular formula is C22H25N3O5. The van der Waals surface area contributed by atoms with E-state index in [1.54, 1.807) is 38.1 Å². The summed E-state index contributed by atoms with van der Waals surface area (Å²) in [5.74, 6) is -0.151. The molecule has 0 saturated carbocycles. The zero-order chi connectivity index (χ0) is 21.8. The molecule has 30 heavy (non-hydrogen) atoms. The topological polar surface area (TPSA) is 103 Å². The third-order valence-electron chi connectivity index (χ3n) is 5.04. The second-order valence-electron chi connectivity index (χ2n) is 7.14. The molecule has 0 spiro atoms. The average Bonchev–Trinajstić information content (AvgIpc) is 3.09. The van der Waals surface area contributed by atoms with E-state index >= 15 is 0 Å². The first kappa shape index (κ1) is 21.3.